The van der Waals surface area contributed by atoms with Crippen LogP contribution in [0.4, 0.5) is 28.9 Å². The van der Waals surface area contributed by atoms with Crippen molar-refractivity contribution < 1.29 is 22.4 Å². The largest absolute Gasteiger partial charge is 0.417 e. The van der Waals surface area contributed by atoms with Gasteiger partial charge in [-0.3, -0.25) is 9.69 Å². The molecule has 0 saturated carbocycles. The maximum absolute atomic E-state index is 14.5. The highest BCUT2D eigenvalue weighted by Gasteiger charge is 2.34. The molecule has 0 saturated heterocycles. The van der Waals surface area contributed by atoms with Gasteiger partial charge in [-0.2, -0.15) is 18.4 Å². The molecular formula is C23H26F4N4O. The molecule has 0 aliphatic rings. The van der Waals surface area contributed by atoms with Crippen molar-refractivity contribution in [3.05, 3.63) is 58.9 Å². The lowest BCUT2D eigenvalue weighted by atomic mass is 10.0. The van der Waals surface area contributed by atoms with E-state index in [1.165, 1.54) is 32.0 Å². The Bertz CT molecular complexity index is 1010. The second-order valence-corrected chi connectivity index (χ2v) is 7.84. The fourth-order valence-corrected chi connectivity index (χ4v) is 3.10. The van der Waals surface area contributed by atoms with Gasteiger partial charge < -0.3 is 10.6 Å². The summed E-state index contributed by atoms with van der Waals surface area (Å²) in [5.74, 6) is -1.04. The number of carbonyl (C=O) groups is 1. The SMILES string of the molecule is CCN(CC)Cc1ccc(NC(C)(C)C(=O)Nc2ccc(C#N)c(C(F)(F)F)c2)cc1F. The third kappa shape index (κ3) is 6.20. The molecule has 32 heavy (non-hydrogen) atoms. The van der Waals surface area contributed by atoms with Crippen LogP contribution < -0.4 is 10.6 Å². The summed E-state index contributed by atoms with van der Waals surface area (Å²) in [4.78, 5) is 14.8. The number of nitriles is 1. The Morgan fingerprint density at radius 1 is 1.06 bits per heavy atom. The summed E-state index contributed by atoms with van der Waals surface area (Å²) in [5.41, 5.74) is -2.14. The van der Waals surface area contributed by atoms with Gasteiger partial charge in [0, 0.05) is 23.5 Å². The number of hydrogen-bond donors (Lipinski definition) is 2. The van der Waals surface area contributed by atoms with Crippen LogP contribution in [0.5, 0.6) is 0 Å². The van der Waals surface area contributed by atoms with Crippen molar-refractivity contribution in [3.8, 4) is 6.07 Å². The number of carbonyl (C=O) groups excluding carboxylic acids is 1. The van der Waals surface area contributed by atoms with Crippen molar-refractivity contribution in [2.24, 2.45) is 0 Å². The van der Waals surface area contributed by atoms with Gasteiger partial charge >= 0.3 is 6.18 Å². The minimum atomic E-state index is -4.73. The van der Waals surface area contributed by atoms with Crippen molar-refractivity contribution in [1.82, 2.24) is 4.90 Å². The number of alkyl halides is 3. The average Bonchev–Trinajstić information content (AvgIpc) is 2.72. The van der Waals surface area contributed by atoms with Crippen molar-refractivity contribution in [3.63, 3.8) is 0 Å². The van der Waals surface area contributed by atoms with Crippen LogP contribution in [0.1, 0.15) is 44.4 Å². The van der Waals surface area contributed by atoms with Crippen molar-refractivity contribution in [1.29, 1.82) is 5.26 Å². The molecule has 2 aromatic carbocycles. The van der Waals surface area contributed by atoms with E-state index in [0.717, 1.165) is 19.2 Å². The average molecular weight is 450 g/mol. The first-order chi connectivity index (χ1) is 14.9. The van der Waals surface area contributed by atoms with Crippen LogP contribution >= 0.6 is 0 Å². The Balaban J connectivity index is 2.16. The van der Waals surface area contributed by atoms with E-state index in [9.17, 15) is 22.4 Å². The zero-order valence-electron chi connectivity index (χ0n) is 18.4. The molecule has 0 radical (unpaired) electrons. The number of anilines is 2. The van der Waals surface area contributed by atoms with Crippen molar-refractivity contribution in [2.75, 3.05) is 23.7 Å². The lowest BCUT2D eigenvalue weighted by Crippen LogP contribution is -2.44. The summed E-state index contributed by atoms with van der Waals surface area (Å²) in [7, 11) is 0. The molecule has 0 aliphatic heterocycles. The van der Waals surface area contributed by atoms with E-state index in [1.54, 1.807) is 12.1 Å². The minimum Gasteiger partial charge on any atom is -0.372 e. The molecule has 9 heteroatoms. The lowest BCUT2D eigenvalue weighted by molar-refractivity contribution is -0.137. The van der Waals surface area contributed by atoms with Crippen LogP contribution in [0, 0.1) is 17.1 Å². The van der Waals surface area contributed by atoms with Gasteiger partial charge in [0.05, 0.1) is 17.2 Å². The molecular weight excluding hydrogens is 424 g/mol. The molecule has 0 atom stereocenters. The summed E-state index contributed by atoms with van der Waals surface area (Å²) in [6, 6.07) is 9.02. The van der Waals surface area contributed by atoms with Crippen LogP contribution in [0.25, 0.3) is 0 Å². The second-order valence-electron chi connectivity index (χ2n) is 7.84. The topological polar surface area (TPSA) is 68.2 Å². The van der Waals surface area contributed by atoms with Crippen LogP contribution in [-0.2, 0) is 17.5 Å². The standard InChI is InChI=1S/C23H26F4N4O/c1-5-31(6-2)14-16-8-10-18(12-20(16)24)30-22(3,4)21(32)29-17-9-7-15(13-28)19(11-17)23(25,26)27/h7-12,30H,5-6,14H2,1-4H3,(H,29,32). The van der Waals surface area contributed by atoms with Crippen LogP contribution in [-0.4, -0.2) is 29.4 Å². The second kappa shape index (κ2) is 10.0. The molecule has 0 bridgehead atoms. The molecule has 0 aromatic heterocycles. The number of hydrogen-bond acceptors (Lipinski definition) is 4. The van der Waals surface area contributed by atoms with E-state index < -0.39 is 34.6 Å². The first kappa shape index (κ1) is 25.1. The Morgan fingerprint density at radius 2 is 1.69 bits per heavy atom. The first-order valence-electron chi connectivity index (χ1n) is 10.1. The van der Waals surface area contributed by atoms with Gasteiger partial charge in [-0.05, 0) is 57.3 Å². The summed E-state index contributed by atoms with van der Waals surface area (Å²) >= 11 is 0. The molecule has 2 aromatic rings. The summed E-state index contributed by atoms with van der Waals surface area (Å²) in [5, 5.41) is 14.2. The molecule has 0 fully saturated rings. The molecule has 172 valence electrons. The summed E-state index contributed by atoms with van der Waals surface area (Å²) in [6.45, 7) is 9.07. The maximum atomic E-state index is 14.5. The van der Waals surface area contributed by atoms with Gasteiger partial charge in [0.2, 0.25) is 5.91 Å². The molecule has 0 unspecified atom stereocenters. The fourth-order valence-electron chi connectivity index (χ4n) is 3.10. The van der Waals surface area contributed by atoms with E-state index in [0.29, 0.717) is 23.9 Å². The highest BCUT2D eigenvalue weighted by atomic mass is 19.4. The summed E-state index contributed by atoms with van der Waals surface area (Å²) in [6.07, 6.45) is -4.73. The third-order valence-electron chi connectivity index (χ3n) is 5.07. The van der Waals surface area contributed by atoms with Crippen molar-refractivity contribution >= 4 is 17.3 Å². The Labute approximate surface area is 185 Å². The van der Waals surface area contributed by atoms with E-state index in [-0.39, 0.29) is 5.69 Å². The Kier molecular flexibility index (Phi) is 7.86. The molecule has 0 aliphatic carbocycles. The first-order valence-corrected chi connectivity index (χ1v) is 10.1. The normalized spacial score (nSPS) is 11.9. The molecule has 1 amide bonds. The van der Waals surface area contributed by atoms with E-state index in [2.05, 4.69) is 15.5 Å². The fraction of sp³-hybridized carbons (Fsp3) is 0.391. The highest BCUT2D eigenvalue weighted by molar-refractivity contribution is 5.99. The highest BCUT2D eigenvalue weighted by Crippen LogP contribution is 2.33. The van der Waals surface area contributed by atoms with Crippen LogP contribution in [0.2, 0.25) is 0 Å². The van der Waals surface area contributed by atoms with E-state index in [1.807, 2.05) is 13.8 Å². The van der Waals surface area contributed by atoms with Gasteiger partial charge in [0.15, 0.2) is 0 Å². The minimum absolute atomic E-state index is 0.100. The molecule has 2 rings (SSSR count). The summed E-state index contributed by atoms with van der Waals surface area (Å²) < 4.78 is 54.0. The van der Waals surface area contributed by atoms with Crippen LogP contribution in [0.3, 0.4) is 0 Å². The number of rotatable bonds is 8. The number of benzene rings is 2. The number of halogens is 4. The van der Waals surface area contributed by atoms with Crippen LogP contribution in [0.15, 0.2) is 36.4 Å². The van der Waals surface area contributed by atoms with Gasteiger partial charge in [0.25, 0.3) is 0 Å². The Morgan fingerprint density at radius 3 is 2.22 bits per heavy atom. The molecule has 5 nitrogen and oxygen atoms in total. The zero-order chi connectivity index (χ0) is 24.1. The molecule has 2 N–H and O–H groups in total. The monoisotopic (exact) mass is 450 g/mol. The van der Waals surface area contributed by atoms with Gasteiger partial charge in [-0.1, -0.05) is 19.9 Å². The zero-order valence-corrected chi connectivity index (χ0v) is 18.4. The lowest BCUT2D eigenvalue weighted by Gasteiger charge is -2.27. The van der Waals surface area contributed by atoms with Gasteiger partial charge in [-0.15, -0.1) is 0 Å². The number of amides is 1. The van der Waals surface area contributed by atoms with Gasteiger partial charge in [0.1, 0.15) is 11.4 Å². The maximum Gasteiger partial charge on any atom is 0.417 e. The van der Waals surface area contributed by atoms with Crippen molar-refractivity contribution in [2.45, 2.75) is 46.0 Å². The molecule has 0 heterocycles. The Hall–Kier alpha value is -3.12. The van der Waals surface area contributed by atoms with E-state index >= 15 is 0 Å². The number of nitrogens with zero attached hydrogens (tertiary/aromatic N) is 2. The van der Waals surface area contributed by atoms with E-state index in [4.69, 9.17) is 5.26 Å². The quantitative estimate of drug-likeness (QED) is 0.530. The predicted molar refractivity (Wildman–Crippen MR) is 116 cm³/mol. The predicted octanol–water partition coefficient (Wildman–Crippen LogP) is 5.39. The third-order valence-corrected chi connectivity index (χ3v) is 5.07. The van der Waals surface area contributed by atoms with Gasteiger partial charge in [-0.25, -0.2) is 4.39 Å². The molecule has 0 spiro atoms. The smallest absolute Gasteiger partial charge is 0.372 e. The number of nitrogens with one attached hydrogen (secondary N) is 2.